The third-order valence-electron chi connectivity index (χ3n) is 5.29. The van der Waals surface area contributed by atoms with Gasteiger partial charge in [-0.3, -0.25) is 4.79 Å². The van der Waals surface area contributed by atoms with Crippen LogP contribution in [0.1, 0.15) is 33.7 Å². The lowest BCUT2D eigenvalue weighted by Crippen LogP contribution is -2.42. The SMILES string of the molecule is Cc1ccc(COCC(NCC(=O)O)C(c2ccccc2)c2ccccc2)c(C)c1. The van der Waals surface area contributed by atoms with E-state index in [2.05, 4.69) is 61.6 Å². The average Bonchev–Trinajstić information content (AvgIpc) is 2.75. The second-order valence-electron chi connectivity index (χ2n) is 7.63. The molecule has 3 rings (SSSR count). The number of hydrogen-bond acceptors (Lipinski definition) is 3. The third kappa shape index (κ3) is 6.02. The monoisotopic (exact) mass is 403 g/mol. The second-order valence-corrected chi connectivity index (χ2v) is 7.63. The molecule has 3 aromatic carbocycles. The molecule has 0 radical (unpaired) electrons. The van der Waals surface area contributed by atoms with Crippen molar-refractivity contribution in [1.29, 1.82) is 0 Å². The van der Waals surface area contributed by atoms with E-state index in [0.717, 1.165) is 16.7 Å². The van der Waals surface area contributed by atoms with Crippen molar-refractivity contribution in [1.82, 2.24) is 5.32 Å². The van der Waals surface area contributed by atoms with Crippen LogP contribution in [-0.4, -0.2) is 30.3 Å². The van der Waals surface area contributed by atoms with E-state index in [0.29, 0.717) is 13.2 Å². The summed E-state index contributed by atoms with van der Waals surface area (Å²) in [7, 11) is 0. The van der Waals surface area contributed by atoms with Gasteiger partial charge in [-0.1, -0.05) is 84.4 Å². The van der Waals surface area contributed by atoms with Gasteiger partial charge in [-0.25, -0.2) is 0 Å². The number of ether oxygens (including phenoxy) is 1. The molecule has 0 saturated carbocycles. The number of carboxylic acids is 1. The van der Waals surface area contributed by atoms with Gasteiger partial charge in [0, 0.05) is 12.0 Å². The van der Waals surface area contributed by atoms with Gasteiger partial charge in [-0.2, -0.15) is 0 Å². The van der Waals surface area contributed by atoms with Crippen LogP contribution in [0.4, 0.5) is 0 Å². The molecular formula is C26H29NO3. The fraction of sp³-hybridized carbons (Fsp3) is 0.269. The first-order valence-corrected chi connectivity index (χ1v) is 10.2. The van der Waals surface area contributed by atoms with Crippen LogP contribution in [-0.2, 0) is 16.1 Å². The van der Waals surface area contributed by atoms with Crippen LogP contribution in [0.3, 0.4) is 0 Å². The highest BCUT2D eigenvalue weighted by Gasteiger charge is 2.25. The predicted molar refractivity (Wildman–Crippen MR) is 120 cm³/mol. The largest absolute Gasteiger partial charge is 0.480 e. The highest BCUT2D eigenvalue weighted by Crippen LogP contribution is 2.28. The number of aryl methyl sites for hydroxylation is 2. The van der Waals surface area contributed by atoms with Gasteiger partial charge >= 0.3 is 5.97 Å². The Kier molecular flexibility index (Phi) is 7.77. The van der Waals surface area contributed by atoms with Gasteiger partial charge in [0.2, 0.25) is 0 Å². The van der Waals surface area contributed by atoms with Crippen LogP contribution in [0.2, 0.25) is 0 Å². The lowest BCUT2D eigenvalue weighted by molar-refractivity contribution is -0.136. The van der Waals surface area contributed by atoms with Gasteiger partial charge in [0.15, 0.2) is 0 Å². The summed E-state index contributed by atoms with van der Waals surface area (Å²) in [5.41, 5.74) is 5.83. The minimum absolute atomic E-state index is 0.0223. The summed E-state index contributed by atoms with van der Waals surface area (Å²) >= 11 is 0. The van der Waals surface area contributed by atoms with Crippen molar-refractivity contribution in [2.45, 2.75) is 32.4 Å². The first-order chi connectivity index (χ1) is 14.5. The van der Waals surface area contributed by atoms with E-state index in [9.17, 15) is 9.90 Å². The maximum atomic E-state index is 11.3. The summed E-state index contributed by atoms with van der Waals surface area (Å²) in [6.07, 6.45) is 0. The Balaban J connectivity index is 1.82. The maximum absolute atomic E-state index is 11.3. The molecule has 2 N–H and O–H groups in total. The summed E-state index contributed by atoms with van der Waals surface area (Å²) in [5, 5.41) is 12.4. The summed E-state index contributed by atoms with van der Waals surface area (Å²) in [5.74, 6) is -0.903. The molecule has 4 heteroatoms. The number of carbonyl (C=O) groups is 1. The van der Waals surface area contributed by atoms with Crippen LogP contribution < -0.4 is 5.32 Å². The van der Waals surface area contributed by atoms with Crippen LogP contribution in [0.25, 0.3) is 0 Å². The quantitative estimate of drug-likeness (QED) is 0.515. The zero-order valence-electron chi connectivity index (χ0n) is 17.5. The van der Waals surface area contributed by atoms with Gasteiger partial charge in [0.1, 0.15) is 0 Å². The Hall–Kier alpha value is -2.95. The molecule has 1 atom stereocenters. The Bertz CT molecular complexity index is 902. The molecule has 156 valence electrons. The van der Waals surface area contributed by atoms with Gasteiger partial charge < -0.3 is 15.2 Å². The van der Waals surface area contributed by atoms with E-state index < -0.39 is 5.97 Å². The zero-order valence-corrected chi connectivity index (χ0v) is 17.5. The molecule has 0 spiro atoms. The molecule has 0 fully saturated rings. The van der Waals surface area contributed by atoms with Crippen molar-refractivity contribution in [3.8, 4) is 0 Å². The molecule has 0 saturated heterocycles. The van der Waals surface area contributed by atoms with Crippen LogP contribution >= 0.6 is 0 Å². The molecule has 0 aromatic heterocycles. The van der Waals surface area contributed by atoms with Crippen LogP contribution in [0.15, 0.2) is 78.9 Å². The average molecular weight is 404 g/mol. The molecule has 0 bridgehead atoms. The van der Waals surface area contributed by atoms with E-state index in [4.69, 9.17) is 4.74 Å². The Morgan fingerprint density at radius 1 is 0.933 bits per heavy atom. The molecule has 0 amide bonds. The minimum atomic E-state index is -0.880. The summed E-state index contributed by atoms with van der Waals surface area (Å²) in [6, 6.07) is 26.5. The summed E-state index contributed by atoms with van der Waals surface area (Å²) in [4.78, 5) is 11.3. The van der Waals surface area contributed by atoms with E-state index in [1.54, 1.807) is 0 Å². The molecule has 0 heterocycles. The van der Waals surface area contributed by atoms with E-state index in [1.165, 1.54) is 11.1 Å². The van der Waals surface area contributed by atoms with E-state index >= 15 is 0 Å². The normalized spacial score (nSPS) is 12.1. The van der Waals surface area contributed by atoms with Crippen LogP contribution in [0, 0.1) is 13.8 Å². The first kappa shape index (κ1) is 21.8. The number of hydrogen-bond donors (Lipinski definition) is 2. The van der Waals surface area contributed by atoms with Gasteiger partial charge in [0.25, 0.3) is 0 Å². The molecule has 0 aliphatic rings. The first-order valence-electron chi connectivity index (χ1n) is 10.2. The number of aliphatic carboxylic acids is 1. The smallest absolute Gasteiger partial charge is 0.317 e. The highest BCUT2D eigenvalue weighted by molar-refractivity contribution is 5.69. The summed E-state index contributed by atoms with van der Waals surface area (Å²) in [6.45, 7) is 4.94. The Morgan fingerprint density at radius 3 is 2.07 bits per heavy atom. The maximum Gasteiger partial charge on any atom is 0.317 e. The van der Waals surface area contributed by atoms with Crippen molar-refractivity contribution in [2.24, 2.45) is 0 Å². The predicted octanol–water partition coefficient (Wildman–Crippen LogP) is 4.69. The van der Waals surface area contributed by atoms with Crippen molar-refractivity contribution in [3.05, 3.63) is 107 Å². The van der Waals surface area contributed by atoms with Crippen LogP contribution in [0.5, 0.6) is 0 Å². The van der Waals surface area contributed by atoms with E-state index in [-0.39, 0.29) is 18.5 Å². The second kappa shape index (κ2) is 10.7. The molecule has 0 aliphatic heterocycles. The number of rotatable bonds is 10. The highest BCUT2D eigenvalue weighted by atomic mass is 16.5. The fourth-order valence-electron chi connectivity index (χ4n) is 3.77. The zero-order chi connectivity index (χ0) is 21.3. The van der Waals surface area contributed by atoms with Gasteiger partial charge in [-0.05, 0) is 36.1 Å². The fourth-order valence-corrected chi connectivity index (χ4v) is 3.77. The number of nitrogens with one attached hydrogen (secondary N) is 1. The summed E-state index contributed by atoms with van der Waals surface area (Å²) < 4.78 is 6.10. The van der Waals surface area contributed by atoms with Gasteiger partial charge in [0.05, 0.1) is 19.8 Å². The van der Waals surface area contributed by atoms with E-state index in [1.807, 2.05) is 36.4 Å². The Labute approximate surface area is 178 Å². The van der Waals surface area contributed by atoms with Crippen molar-refractivity contribution < 1.29 is 14.6 Å². The molecule has 1 unspecified atom stereocenters. The standard InChI is InChI=1S/C26H29NO3/c1-19-13-14-23(20(2)15-19)17-30-18-24(27-16-25(28)29)26(21-9-5-3-6-10-21)22-11-7-4-8-12-22/h3-15,24,26-27H,16-18H2,1-2H3,(H,28,29). The molecule has 4 nitrogen and oxygen atoms in total. The van der Waals surface area contributed by atoms with Crippen molar-refractivity contribution in [3.63, 3.8) is 0 Å². The lowest BCUT2D eigenvalue weighted by atomic mass is 9.85. The number of carboxylic acid groups (broad SMARTS) is 1. The topological polar surface area (TPSA) is 58.6 Å². The lowest BCUT2D eigenvalue weighted by Gasteiger charge is -2.29. The molecule has 30 heavy (non-hydrogen) atoms. The van der Waals surface area contributed by atoms with Gasteiger partial charge in [-0.15, -0.1) is 0 Å². The Morgan fingerprint density at radius 2 is 1.53 bits per heavy atom. The molecule has 0 aliphatic carbocycles. The number of benzene rings is 3. The minimum Gasteiger partial charge on any atom is -0.480 e. The molecular weight excluding hydrogens is 374 g/mol. The third-order valence-corrected chi connectivity index (χ3v) is 5.29. The van der Waals surface area contributed by atoms with Crippen molar-refractivity contribution in [2.75, 3.05) is 13.2 Å². The van der Waals surface area contributed by atoms with Crippen molar-refractivity contribution >= 4 is 5.97 Å². The molecule has 3 aromatic rings.